The lowest BCUT2D eigenvalue weighted by Gasteiger charge is -2.01. The predicted octanol–water partition coefficient (Wildman–Crippen LogP) is 3.17. The number of halogens is 5. The van der Waals surface area contributed by atoms with Crippen molar-refractivity contribution >= 4 is 21.6 Å². The average molecular weight is 283 g/mol. The van der Waals surface area contributed by atoms with Crippen molar-refractivity contribution in [1.29, 1.82) is 0 Å². The molecular formula is C8H3BrF4N2. The van der Waals surface area contributed by atoms with E-state index in [2.05, 4.69) is 20.7 Å². The van der Waals surface area contributed by atoms with E-state index in [0.717, 1.165) is 18.2 Å². The Bertz CT molecular complexity index is 435. The van der Waals surface area contributed by atoms with Crippen LogP contribution in [0.2, 0.25) is 0 Å². The van der Waals surface area contributed by atoms with E-state index in [-0.39, 0.29) is 4.47 Å². The van der Waals surface area contributed by atoms with E-state index >= 15 is 0 Å². The van der Waals surface area contributed by atoms with Crippen LogP contribution >= 0.6 is 15.9 Å². The molecule has 0 atom stereocenters. The van der Waals surface area contributed by atoms with Gasteiger partial charge >= 0.3 is 11.9 Å². The van der Waals surface area contributed by atoms with Gasteiger partial charge in [-0.3, -0.25) is 0 Å². The molecule has 1 aromatic rings. The van der Waals surface area contributed by atoms with E-state index in [0.29, 0.717) is 0 Å². The Morgan fingerprint density at radius 2 is 1.93 bits per heavy atom. The fraction of sp³-hybridized carbons (Fsp3) is 0.125. The molecule has 0 saturated carbocycles. The fourth-order valence-corrected chi connectivity index (χ4v) is 1.30. The molecule has 0 saturated heterocycles. The van der Waals surface area contributed by atoms with Crippen LogP contribution in [0.1, 0.15) is 5.56 Å². The van der Waals surface area contributed by atoms with Crippen LogP contribution in [-0.2, 0) is 0 Å². The van der Waals surface area contributed by atoms with Gasteiger partial charge in [0.05, 0.1) is 10.0 Å². The van der Waals surface area contributed by atoms with Crippen LogP contribution in [0.4, 0.5) is 17.6 Å². The van der Waals surface area contributed by atoms with Crippen molar-refractivity contribution in [2.45, 2.75) is 6.18 Å². The Balaban J connectivity index is 3.28. The highest BCUT2D eigenvalue weighted by atomic mass is 79.9. The maximum Gasteiger partial charge on any atom is 0.495 e. The lowest BCUT2D eigenvalue weighted by atomic mass is 10.1. The molecule has 0 bridgehead atoms. The van der Waals surface area contributed by atoms with Crippen molar-refractivity contribution in [1.82, 2.24) is 0 Å². The molecule has 1 rings (SSSR count). The Kier molecular flexibility index (Phi) is 3.26. The van der Waals surface area contributed by atoms with Crippen LogP contribution in [0.25, 0.3) is 5.53 Å². The summed E-state index contributed by atoms with van der Waals surface area (Å²) in [5.74, 6) is -0.696. The van der Waals surface area contributed by atoms with Crippen LogP contribution in [0, 0.1) is 5.82 Å². The summed E-state index contributed by atoms with van der Waals surface area (Å²) in [4.78, 5) is 2.15. The largest absolute Gasteiger partial charge is 0.495 e. The quantitative estimate of drug-likeness (QED) is 0.328. The van der Waals surface area contributed by atoms with E-state index < -0.39 is 23.3 Å². The molecule has 0 aromatic heterocycles. The Labute approximate surface area is 90.3 Å². The number of benzene rings is 1. The van der Waals surface area contributed by atoms with E-state index in [9.17, 15) is 17.6 Å². The molecular weight excluding hydrogens is 280 g/mol. The summed E-state index contributed by atoms with van der Waals surface area (Å²) < 4.78 is 49.3. The lowest BCUT2D eigenvalue weighted by Crippen LogP contribution is -2.25. The van der Waals surface area contributed by atoms with Gasteiger partial charge in [-0.25, -0.2) is 4.39 Å². The molecule has 2 nitrogen and oxygen atoms in total. The molecule has 0 heterocycles. The number of alkyl halides is 3. The fourth-order valence-electron chi connectivity index (χ4n) is 0.922. The molecule has 0 aliphatic carbocycles. The molecule has 0 radical (unpaired) electrons. The number of hydrogen-bond acceptors (Lipinski definition) is 0. The molecule has 80 valence electrons. The zero-order chi connectivity index (χ0) is 11.6. The first-order valence-corrected chi connectivity index (χ1v) is 4.40. The molecule has 0 N–H and O–H groups in total. The summed E-state index contributed by atoms with van der Waals surface area (Å²) in [6.45, 7) is 0. The van der Waals surface area contributed by atoms with Gasteiger partial charge in [-0.1, -0.05) is 0 Å². The Morgan fingerprint density at radius 1 is 1.33 bits per heavy atom. The van der Waals surface area contributed by atoms with Crippen LogP contribution in [-0.4, -0.2) is 16.7 Å². The Morgan fingerprint density at radius 3 is 2.33 bits per heavy atom. The van der Waals surface area contributed by atoms with E-state index in [1.165, 1.54) is 0 Å². The van der Waals surface area contributed by atoms with Gasteiger partial charge in [0, 0.05) is 0 Å². The molecule has 1 aromatic carbocycles. The smallest absolute Gasteiger partial charge is 0.361 e. The van der Waals surface area contributed by atoms with Gasteiger partial charge < -0.3 is 5.53 Å². The van der Waals surface area contributed by atoms with Crippen molar-refractivity contribution in [3.63, 3.8) is 0 Å². The first-order valence-electron chi connectivity index (χ1n) is 3.61. The van der Waals surface area contributed by atoms with Crippen LogP contribution in [0.5, 0.6) is 0 Å². The second-order valence-electron chi connectivity index (χ2n) is 2.58. The monoisotopic (exact) mass is 282 g/mol. The van der Waals surface area contributed by atoms with Crippen molar-refractivity contribution in [2.24, 2.45) is 0 Å². The minimum absolute atomic E-state index is 0.134. The summed E-state index contributed by atoms with van der Waals surface area (Å²) in [5, 5.41) is 0. The van der Waals surface area contributed by atoms with Gasteiger partial charge in [-0.15, -0.1) is 0 Å². The summed E-state index contributed by atoms with van der Waals surface area (Å²) in [7, 11) is 0. The van der Waals surface area contributed by atoms with Crippen LogP contribution < -0.4 is 0 Å². The molecule has 0 aliphatic rings. The number of rotatable bonds is 1. The minimum atomic E-state index is -4.79. The molecule has 0 unspecified atom stereocenters. The summed E-state index contributed by atoms with van der Waals surface area (Å²) in [6.07, 6.45) is -4.79. The van der Waals surface area contributed by atoms with Crippen molar-refractivity contribution in [2.75, 3.05) is 0 Å². The van der Waals surface area contributed by atoms with Gasteiger partial charge in [0.25, 0.3) is 0 Å². The van der Waals surface area contributed by atoms with Crippen LogP contribution in [0.15, 0.2) is 22.7 Å². The first-order chi connectivity index (χ1) is 6.86. The third kappa shape index (κ3) is 2.64. The summed E-state index contributed by atoms with van der Waals surface area (Å²) in [6, 6.07) is 2.61. The van der Waals surface area contributed by atoms with Gasteiger partial charge in [0.15, 0.2) is 0 Å². The first kappa shape index (κ1) is 11.9. The van der Waals surface area contributed by atoms with Crippen molar-refractivity contribution < 1.29 is 22.4 Å². The zero-order valence-electron chi connectivity index (χ0n) is 7.02. The normalized spacial score (nSPS) is 11.0. The predicted molar refractivity (Wildman–Crippen MR) is 47.9 cm³/mol. The maximum atomic E-state index is 12.7. The van der Waals surface area contributed by atoms with Gasteiger partial charge in [-0.05, 0) is 34.1 Å². The van der Waals surface area contributed by atoms with Gasteiger partial charge in [-0.2, -0.15) is 18.0 Å². The summed E-state index contributed by atoms with van der Waals surface area (Å²) in [5.41, 5.74) is 6.35. The molecule has 0 amide bonds. The topological polar surface area (TPSA) is 36.4 Å². The van der Waals surface area contributed by atoms with E-state index in [1.807, 2.05) is 0 Å². The second-order valence-corrected chi connectivity index (χ2v) is 3.43. The van der Waals surface area contributed by atoms with Gasteiger partial charge in [0.2, 0.25) is 0 Å². The average Bonchev–Trinajstić information content (AvgIpc) is 2.10. The lowest BCUT2D eigenvalue weighted by molar-refractivity contribution is -0.111. The van der Waals surface area contributed by atoms with E-state index in [4.69, 9.17) is 5.53 Å². The number of nitrogens with zero attached hydrogens (tertiary/aromatic N) is 2. The molecule has 7 heteroatoms. The molecule has 0 aliphatic heterocycles. The Hall–Kier alpha value is -1.20. The maximum absolute atomic E-state index is 12.7. The van der Waals surface area contributed by atoms with Gasteiger partial charge in [0.1, 0.15) is 5.82 Å². The van der Waals surface area contributed by atoms with E-state index in [1.54, 1.807) is 0 Å². The highest BCUT2D eigenvalue weighted by Gasteiger charge is 2.45. The SMILES string of the molecule is [N-]=[N+]=C(c1ccc(F)c(Br)c1)C(F)(F)F. The highest BCUT2D eigenvalue weighted by molar-refractivity contribution is 9.10. The van der Waals surface area contributed by atoms with Crippen molar-refractivity contribution in [3.8, 4) is 0 Å². The second kappa shape index (κ2) is 4.12. The third-order valence-electron chi connectivity index (χ3n) is 1.56. The standard InChI is InChI=1S/C8H3BrF4N2/c9-5-3-4(1-2-6(5)10)7(15-14)8(11,12)13/h1-3H. The molecule has 0 spiro atoms. The van der Waals surface area contributed by atoms with Crippen LogP contribution in [0.3, 0.4) is 0 Å². The molecule has 0 fully saturated rings. The van der Waals surface area contributed by atoms with Crippen molar-refractivity contribution in [3.05, 3.63) is 39.6 Å². The third-order valence-corrected chi connectivity index (χ3v) is 2.17. The zero-order valence-corrected chi connectivity index (χ0v) is 8.60. The minimum Gasteiger partial charge on any atom is -0.361 e. The number of hydrogen-bond donors (Lipinski definition) is 0. The highest BCUT2D eigenvalue weighted by Crippen LogP contribution is 2.24. The molecule has 15 heavy (non-hydrogen) atoms. The summed E-state index contributed by atoms with van der Waals surface area (Å²) >= 11 is 2.73.